The van der Waals surface area contributed by atoms with Crippen LogP contribution >= 0.6 is 11.3 Å². The Kier molecular flexibility index (Phi) is 6.84. The number of carbonyl (C=O) groups excluding carboxylic acids is 1. The number of fused-ring (bicyclic) bond motifs is 1. The molecule has 1 atom stereocenters. The predicted molar refractivity (Wildman–Crippen MR) is 134 cm³/mol. The summed E-state index contributed by atoms with van der Waals surface area (Å²) in [5.74, 6) is -1.16. The van der Waals surface area contributed by atoms with Crippen LogP contribution in [0.25, 0.3) is 6.08 Å². The van der Waals surface area contributed by atoms with Gasteiger partial charge in [0.1, 0.15) is 0 Å². The number of nitrogens with zero attached hydrogens (tertiary/aromatic N) is 2. The maximum atomic E-state index is 13.6. The number of carboxylic acid groups (broad SMARTS) is 1. The zero-order chi connectivity index (χ0) is 25.3. The summed E-state index contributed by atoms with van der Waals surface area (Å²) in [6.07, 6.45) is 1.71. The van der Waals surface area contributed by atoms with Crippen molar-refractivity contribution in [2.24, 2.45) is 4.99 Å². The summed E-state index contributed by atoms with van der Waals surface area (Å²) in [7, 11) is 0. The van der Waals surface area contributed by atoms with Crippen LogP contribution in [0.4, 0.5) is 0 Å². The molecule has 4 rings (SSSR count). The van der Waals surface area contributed by atoms with E-state index in [2.05, 4.69) is 18.8 Å². The fourth-order valence-electron chi connectivity index (χ4n) is 4.04. The molecule has 0 saturated heterocycles. The molecule has 7 nitrogen and oxygen atoms in total. The Morgan fingerprint density at radius 1 is 1.14 bits per heavy atom. The largest absolute Gasteiger partial charge is 0.478 e. The average molecular weight is 491 g/mol. The third kappa shape index (κ3) is 4.74. The first-order valence-corrected chi connectivity index (χ1v) is 12.2. The molecule has 0 aliphatic carbocycles. The van der Waals surface area contributed by atoms with Gasteiger partial charge in [-0.05, 0) is 54.7 Å². The zero-order valence-corrected chi connectivity index (χ0v) is 20.8. The van der Waals surface area contributed by atoms with E-state index in [1.807, 2.05) is 24.3 Å². The molecule has 0 radical (unpaired) electrons. The summed E-state index contributed by atoms with van der Waals surface area (Å²) in [6, 6.07) is 13.5. The van der Waals surface area contributed by atoms with E-state index in [-0.39, 0.29) is 17.7 Å². The lowest BCUT2D eigenvalue weighted by molar-refractivity contribution is -0.139. The number of thiazole rings is 1. The monoisotopic (exact) mass is 490 g/mol. The third-order valence-corrected chi connectivity index (χ3v) is 6.87. The van der Waals surface area contributed by atoms with Gasteiger partial charge in [0.05, 0.1) is 34.0 Å². The van der Waals surface area contributed by atoms with Crippen molar-refractivity contribution >= 4 is 29.4 Å². The smallest absolute Gasteiger partial charge is 0.338 e. The normalized spacial score (nSPS) is 15.7. The molecule has 35 heavy (non-hydrogen) atoms. The number of carboxylic acids is 1. The summed E-state index contributed by atoms with van der Waals surface area (Å²) in [4.78, 5) is 42.8. The molecular formula is C27H26N2O5S. The van der Waals surface area contributed by atoms with Crippen LogP contribution in [0.2, 0.25) is 0 Å². The van der Waals surface area contributed by atoms with Crippen molar-refractivity contribution in [3.8, 4) is 0 Å². The van der Waals surface area contributed by atoms with Crippen LogP contribution in [-0.4, -0.2) is 28.2 Å². The third-order valence-electron chi connectivity index (χ3n) is 5.89. The Bertz CT molecular complexity index is 1490. The molecule has 3 aromatic rings. The van der Waals surface area contributed by atoms with E-state index < -0.39 is 18.0 Å². The van der Waals surface area contributed by atoms with E-state index in [0.717, 1.165) is 11.1 Å². The highest BCUT2D eigenvalue weighted by Gasteiger charge is 2.33. The van der Waals surface area contributed by atoms with Crippen LogP contribution in [0.15, 0.2) is 69.6 Å². The van der Waals surface area contributed by atoms with E-state index >= 15 is 0 Å². The standard InChI is InChI=1S/C27H26N2O5S/c1-5-34-26(33)22-16(4)28-27-29(23(22)19-12-10-18(11-13-19)15(2)3)24(30)21(35-27)14-17-6-8-20(9-7-17)25(31)32/h6-15,23H,5H2,1-4H3,(H,31,32)/b21-14-/t23-/m1/s1. The summed E-state index contributed by atoms with van der Waals surface area (Å²) in [5, 5.41) is 9.12. The van der Waals surface area contributed by atoms with Crippen molar-refractivity contribution in [1.82, 2.24) is 4.57 Å². The van der Waals surface area contributed by atoms with E-state index in [4.69, 9.17) is 9.84 Å². The Balaban J connectivity index is 1.89. The summed E-state index contributed by atoms with van der Waals surface area (Å²) in [6.45, 7) is 7.92. The zero-order valence-electron chi connectivity index (χ0n) is 19.9. The Hall–Kier alpha value is -3.78. The topological polar surface area (TPSA) is 98.0 Å². The van der Waals surface area contributed by atoms with Crippen molar-refractivity contribution < 1.29 is 19.4 Å². The van der Waals surface area contributed by atoms with E-state index in [1.54, 1.807) is 36.6 Å². The van der Waals surface area contributed by atoms with Gasteiger partial charge < -0.3 is 9.84 Å². The highest BCUT2D eigenvalue weighted by Crippen LogP contribution is 2.31. The number of esters is 1. The number of benzene rings is 2. The van der Waals surface area contributed by atoms with Gasteiger partial charge >= 0.3 is 11.9 Å². The second kappa shape index (κ2) is 9.84. The van der Waals surface area contributed by atoms with Crippen LogP contribution in [-0.2, 0) is 9.53 Å². The van der Waals surface area contributed by atoms with E-state index in [9.17, 15) is 14.4 Å². The number of carbonyl (C=O) groups is 2. The van der Waals surface area contributed by atoms with Gasteiger partial charge in [0.2, 0.25) is 0 Å². The molecule has 1 aliphatic heterocycles. The number of aromatic carboxylic acids is 1. The minimum atomic E-state index is -1.01. The summed E-state index contributed by atoms with van der Waals surface area (Å²) < 4.78 is 7.31. The Morgan fingerprint density at radius 3 is 2.37 bits per heavy atom. The fraction of sp³-hybridized carbons (Fsp3) is 0.259. The number of rotatable bonds is 6. The van der Waals surface area contributed by atoms with Gasteiger partial charge in [-0.15, -0.1) is 0 Å². The maximum absolute atomic E-state index is 13.6. The number of ether oxygens (including phenoxy) is 1. The molecule has 0 bridgehead atoms. The minimum absolute atomic E-state index is 0.170. The van der Waals surface area contributed by atoms with Crippen LogP contribution in [0.1, 0.15) is 66.7 Å². The van der Waals surface area contributed by atoms with Gasteiger partial charge in [0.25, 0.3) is 5.56 Å². The summed E-state index contributed by atoms with van der Waals surface area (Å²) >= 11 is 1.23. The van der Waals surface area contributed by atoms with Crippen LogP contribution in [0.5, 0.6) is 0 Å². The first-order valence-electron chi connectivity index (χ1n) is 11.3. The predicted octanol–water partition coefficient (Wildman–Crippen LogP) is 3.62. The molecule has 1 aromatic heterocycles. The molecule has 8 heteroatoms. The van der Waals surface area contributed by atoms with Crippen molar-refractivity contribution in [2.45, 2.75) is 39.7 Å². The molecule has 1 N–H and O–H groups in total. The molecule has 180 valence electrons. The lowest BCUT2D eigenvalue weighted by Gasteiger charge is -2.25. The molecule has 0 amide bonds. The van der Waals surface area contributed by atoms with E-state index in [0.29, 0.717) is 32.1 Å². The van der Waals surface area contributed by atoms with Gasteiger partial charge in [-0.2, -0.15) is 0 Å². The van der Waals surface area contributed by atoms with Crippen LogP contribution < -0.4 is 14.9 Å². The molecule has 0 spiro atoms. The molecule has 1 aliphatic rings. The first kappa shape index (κ1) is 24.3. The number of allylic oxidation sites excluding steroid dienone is 1. The quantitative estimate of drug-likeness (QED) is 0.532. The molecule has 2 heterocycles. The summed E-state index contributed by atoms with van der Waals surface area (Å²) in [5.41, 5.74) is 3.40. The molecule has 0 fully saturated rings. The van der Waals surface area contributed by atoms with Crippen molar-refractivity contribution in [2.75, 3.05) is 6.61 Å². The second-order valence-corrected chi connectivity index (χ2v) is 9.56. The highest BCUT2D eigenvalue weighted by molar-refractivity contribution is 7.07. The van der Waals surface area contributed by atoms with Gasteiger partial charge in [0.15, 0.2) is 4.80 Å². The lowest BCUT2D eigenvalue weighted by Crippen LogP contribution is -2.39. The second-order valence-electron chi connectivity index (χ2n) is 8.55. The van der Waals surface area contributed by atoms with Crippen molar-refractivity contribution in [1.29, 1.82) is 0 Å². The van der Waals surface area contributed by atoms with Gasteiger partial charge in [0, 0.05) is 0 Å². The van der Waals surface area contributed by atoms with Gasteiger partial charge in [-0.25, -0.2) is 14.6 Å². The number of hydrogen-bond donors (Lipinski definition) is 1. The Labute approximate surface area is 206 Å². The van der Waals surface area contributed by atoms with Gasteiger partial charge in [-0.1, -0.05) is 61.6 Å². The maximum Gasteiger partial charge on any atom is 0.338 e. The van der Waals surface area contributed by atoms with Crippen LogP contribution in [0.3, 0.4) is 0 Å². The fourth-order valence-corrected chi connectivity index (χ4v) is 5.09. The SMILES string of the molecule is CCOC(=O)C1=C(C)N=c2s/c(=C\c3ccc(C(=O)O)cc3)c(=O)n2[C@@H]1c1ccc(C(C)C)cc1. The molecule has 0 unspecified atom stereocenters. The van der Waals surface area contributed by atoms with Crippen molar-refractivity contribution in [3.05, 3.63) is 102 Å². The van der Waals surface area contributed by atoms with Gasteiger partial charge in [-0.3, -0.25) is 9.36 Å². The lowest BCUT2D eigenvalue weighted by atomic mass is 9.93. The van der Waals surface area contributed by atoms with Crippen LogP contribution in [0, 0.1) is 0 Å². The first-order chi connectivity index (χ1) is 16.7. The Morgan fingerprint density at radius 2 is 1.80 bits per heavy atom. The molecule has 0 saturated carbocycles. The molecule has 2 aromatic carbocycles. The molecular weight excluding hydrogens is 464 g/mol. The average Bonchev–Trinajstić information content (AvgIpc) is 3.13. The highest BCUT2D eigenvalue weighted by atomic mass is 32.1. The number of hydrogen-bond acceptors (Lipinski definition) is 6. The minimum Gasteiger partial charge on any atom is -0.478 e. The number of aromatic nitrogens is 1. The van der Waals surface area contributed by atoms with Crippen molar-refractivity contribution in [3.63, 3.8) is 0 Å². The van der Waals surface area contributed by atoms with E-state index in [1.165, 1.54) is 23.5 Å².